The third-order valence-corrected chi connectivity index (χ3v) is 4.39. The van der Waals surface area contributed by atoms with Crippen molar-refractivity contribution in [1.29, 1.82) is 0 Å². The van der Waals surface area contributed by atoms with E-state index in [1.54, 1.807) is 36.5 Å². The fraction of sp³-hybridized carbons (Fsp3) is 0.0952. The van der Waals surface area contributed by atoms with Gasteiger partial charge in [0, 0.05) is 29.8 Å². The van der Waals surface area contributed by atoms with E-state index in [-0.39, 0.29) is 18.8 Å². The molecule has 0 saturated heterocycles. The maximum Gasteiger partial charge on any atom is 0.276 e. The van der Waals surface area contributed by atoms with Gasteiger partial charge in [-0.15, -0.1) is 0 Å². The lowest BCUT2D eigenvalue weighted by molar-refractivity contribution is 0.0322. The summed E-state index contributed by atoms with van der Waals surface area (Å²) in [5.41, 5.74) is 4.69. The van der Waals surface area contributed by atoms with Gasteiger partial charge >= 0.3 is 0 Å². The molecule has 0 atom stereocenters. The number of H-pyrrole nitrogens is 1. The van der Waals surface area contributed by atoms with Gasteiger partial charge in [0.15, 0.2) is 0 Å². The number of amides is 1. The van der Waals surface area contributed by atoms with Crippen LogP contribution in [0.2, 0.25) is 0 Å². The number of hydrogen-bond donors (Lipinski definition) is 2. The van der Waals surface area contributed by atoms with E-state index in [1.807, 2.05) is 0 Å². The molecule has 2 aromatic carbocycles. The second kappa shape index (κ2) is 8.15. The summed E-state index contributed by atoms with van der Waals surface area (Å²) in [7, 11) is 0. The number of carbonyl (C=O) groups is 1. The molecule has 29 heavy (non-hydrogen) atoms. The largest absolute Gasteiger partial charge is 0.277 e. The van der Waals surface area contributed by atoms with Crippen molar-refractivity contribution in [3.63, 3.8) is 0 Å². The van der Waals surface area contributed by atoms with Crippen LogP contribution in [0.4, 0.5) is 8.78 Å². The molecular weight excluding hydrogens is 378 g/mol. The molecule has 2 heterocycles. The van der Waals surface area contributed by atoms with E-state index in [2.05, 4.69) is 20.7 Å². The minimum atomic E-state index is -0.433. The number of rotatable bonds is 6. The van der Waals surface area contributed by atoms with Crippen molar-refractivity contribution < 1.29 is 18.4 Å². The SMILES string of the molecule is O=C(NOCCc1cc2c(-c3cccc(F)c3)n[nH]c2cc1F)c1cccnc1. The minimum absolute atomic E-state index is 0.0710. The number of nitrogens with one attached hydrogen (secondary N) is 2. The van der Waals surface area contributed by atoms with Crippen LogP contribution in [0.5, 0.6) is 0 Å². The van der Waals surface area contributed by atoms with E-state index >= 15 is 0 Å². The summed E-state index contributed by atoms with van der Waals surface area (Å²) in [4.78, 5) is 20.9. The molecule has 0 bridgehead atoms. The van der Waals surface area contributed by atoms with Crippen molar-refractivity contribution in [2.24, 2.45) is 0 Å². The summed E-state index contributed by atoms with van der Waals surface area (Å²) in [6, 6.07) is 12.3. The van der Waals surface area contributed by atoms with Gasteiger partial charge in [-0.25, -0.2) is 14.3 Å². The fourth-order valence-corrected chi connectivity index (χ4v) is 2.96. The number of nitrogens with zero attached hydrogens (tertiary/aromatic N) is 2. The zero-order valence-electron chi connectivity index (χ0n) is 15.2. The number of pyridine rings is 1. The number of hydroxylamine groups is 1. The molecule has 8 heteroatoms. The first-order valence-electron chi connectivity index (χ1n) is 8.86. The van der Waals surface area contributed by atoms with Crippen molar-refractivity contribution in [2.75, 3.05) is 6.61 Å². The van der Waals surface area contributed by atoms with Crippen LogP contribution < -0.4 is 5.48 Å². The molecule has 2 aromatic heterocycles. The first kappa shape index (κ1) is 18.7. The number of benzene rings is 2. The van der Waals surface area contributed by atoms with Crippen LogP contribution in [0.25, 0.3) is 22.2 Å². The van der Waals surface area contributed by atoms with Crippen LogP contribution >= 0.6 is 0 Å². The third kappa shape index (κ3) is 4.12. The summed E-state index contributed by atoms with van der Waals surface area (Å²) < 4.78 is 27.9. The number of halogens is 2. The number of carbonyl (C=O) groups excluding carboxylic acids is 1. The Morgan fingerprint density at radius 2 is 2.03 bits per heavy atom. The van der Waals surface area contributed by atoms with Gasteiger partial charge in [-0.05, 0) is 42.0 Å². The quantitative estimate of drug-likeness (QED) is 0.385. The predicted molar refractivity (Wildman–Crippen MR) is 103 cm³/mol. The Bertz CT molecular complexity index is 1160. The summed E-state index contributed by atoms with van der Waals surface area (Å²) in [5, 5.41) is 7.63. The second-order valence-electron chi connectivity index (χ2n) is 6.34. The Kier molecular flexibility index (Phi) is 5.26. The van der Waals surface area contributed by atoms with E-state index in [9.17, 15) is 13.6 Å². The highest BCUT2D eigenvalue weighted by Crippen LogP contribution is 2.28. The lowest BCUT2D eigenvalue weighted by Crippen LogP contribution is -2.24. The van der Waals surface area contributed by atoms with Gasteiger partial charge in [0.05, 0.1) is 17.7 Å². The Morgan fingerprint density at radius 1 is 1.14 bits per heavy atom. The highest BCUT2D eigenvalue weighted by atomic mass is 19.1. The molecule has 0 aliphatic carbocycles. The van der Waals surface area contributed by atoms with Gasteiger partial charge in [-0.3, -0.25) is 19.7 Å². The number of aromatic nitrogens is 3. The Balaban J connectivity index is 1.47. The van der Waals surface area contributed by atoms with Gasteiger partial charge < -0.3 is 0 Å². The minimum Gasteiger partial charge on any atom is -0.277 e. The predicted octanol–water partition coefficient (Wildman–Crippen LogP) is 3.81. The van der Waals surface area contributed by atoms with Gasteiger partial charge in [-0.1, -0.05) is 12.1 Å². The monoisotopic (exact) mass is 394 g/mol. The Labute approximate surface area is 164 Å². The molecule has 0 aliphatic heterocycles. The summed E-state index contributed by atoms with van der Waals surface area (Å²) in [6.07, 6.45) is 3.20. The molecule has 0 saturated carbocycles. The Hall–Kier alpha value is -3.65. The molecule has 4 aromatic rings. The van der Waals surface area contributed by atoms with Gasteiger partial charge in [0.25, 0.3) is 5.91 Å². The van der Waals surface area contributed by atoms with E-state index < -0.39 is 11.7 Å². The third-order valence-electron chi connectivity index (χ3n) is 4.39. The van der Waals surface area contributed by atoms with E-state index in [4.69, 9.17) is 4.84 Å². The fourth-order valence-electron chi connectivity index (χ4n) is 2.96. The number of hydrogen-bond acceptors (Lipinski definition) is 4. The van der Waals surface area contributed by atoms with E-state index in [0.29, 0.717) is 33.3 Å². The van der Waals surface area contributed by atoms with Crippen LogP contribution in [0.15, 0.2) is 60.9 Å². The average molecular weight is 394 g/mol. The average Bonchev–Trinajstić information content (AvgIpc) is 3.14. The first-order chi connectivity index (χ1) is 14.1. The molecule has 0 fully saturated rings. The highest BCUT2D eigenvalue weighted by molar-refractivity contribution is 5.93. The van der Waals surface area contributed by atoms with Crippen molar-refractivity contribution in [3.8, 4) is 11.3 Å². The molecule has 0 spiro atoms. The molecule has 1 amide bonds. The zero-order chi connectivity index (χ0) is 20.2. The van der Waals surface area contributed by atoms with Gasteiger partial charge in [-0.2, -0.15) is 5.10 Å². The topological polar surface area (TPSA) is 79.9 Å². The van der Waals surface area contributed by atoms with Crippen LogP contribution in [-0.4, -0.2) is 27.7 Å². The highest BCUT2D eigenvalue weighted by Gasteiger charge is 2.13. The summed E-state index contributed by atoms with van der Waals surface area (Å²) in [5.74, 6) is -1.23. The molecular formula is C21H16F2N4O2. The van der Waals surface area contributed by atoms with Crippen LogP contribution in [0, 0.1) is 11.6 Å². The maximum atomic E-state index is 14.4. The molecule has 0 aliphatic rings. The van der Waals surface area contributed by atoms with Crippen LogP contribution in [-0.2, 0) is 11.3 Å². The molecule has 146 valence electrons. The lowest BCUT2D eigenvalue weighted by Gasteiger charge is -2.07. The Morgan fingerprint density at radius 3 is 2.83 bits per heavy atom. The van der Waals surface area contributed by atoms with Crippen molar-refractivity contribution in [3.05, 3.63) is 83.7 Å². The maximum absolute atomic E-state index is 14.4. The van der Waals surface area contributed by atoms with E-state index in [1.165, 1.54) is 24.4 Å². The van der Waals surface area contributed by atoms with Crippen LogP contribution in [0.1, 0.15) is 15.9 Å². The number of fused-ring (bicyclic) bond motifs is 1. The van der Waals surface area contributed by atoms with Gasteiger partial charge in [0.2, 0.25) is 0 Å². The second-order valence-corrected chi connectivity index (χ2v) is 6.34. The first-order valence-corrected chi connectivity index (χ1v) is 8.86. The van der Waals surface area contributed by atoms with Crippen molar-refractivity contribution >= 4 is 16.8 Å². The number of aromatic amines is 1. The van der Waals surface area contributed by atoms with Crippen molar-refractivity contribution in [2.45, 2.75) is 6.42 Å². The normalized spacial score (nSPS) is 11.0. The summed E-state index contributed by atoms with van der Waals surface area (Å²) >= 11 is 0. The smallest absolute Gasteiger partial charge is 0.276 e. The molecule has 0 unspecified atom stereocenters. The van der Waals surface area contributed by atoms with Crippen molar-refractivity contribution in [1.82, 2.24) is 20.7 Å². The van der Waals surface area contributed by atoms with E-state index in [0.717, 1.165) is 0 Å². The molecule has 2 N–H and O–H groups in total. The molecule has 6 nitrogen and oxygen atoms in total. The lowest BCUT2D eigenvalue weighted by atomic mass is 10.0. The summed E-state index contributed by atoms with van der Waals surface area (Å²) in [6.45, 7) is 0.0710. The zero-order valence-corrected chi connectivity index (χ0v) is 15.2. The molecule has 4 rings (SSSR count). The molecule has 0 radical (unpaired) electrons. The van der Waals surface area contributed by atoms with Gasteiger partial charge in [0.1, 0.15) is 17.3 Å². The standard InChI is InChI=1S/C21H16F2N4O2/c22-16-5-1-3-14(9-16)20-17-10-13(18(23)11-19(17)25-26-20)6-8-29-27-21(28)15-4-2-7-24-12-15/h1-5,7,9-12H,6,8H2,(H,25,26)(H,27,28). The van der Waals surface area contributed by atoms with Crippen LogP contribution in [0.3, 0.4) is 0 Å².